The van der Waals surface area contributed by atoms with Gasteiger partial charge in [0, 0.05) is 17.1 Å². The Morgan fingerprint density at radius 3 is 3.07 bits per heavy atom. The molecule has 1 fully saturated rings. The van der Waals surface area contributed by atoms with Crippen LogP contribution in [0.1, 0.15) is 22.7 Å². The van der Waals surface area contributed by atoms with E-state index >= 15 is 0 Å². The summed E-state index contributed by atoms with van der Waals surface area (Å²) in [5, 5.41) is 6.98. The molecule has 1 amide bonds. The van der Waals surface area contributed by atoms with E-state index in [0.717, 1.165) is 5.01 Å². The summed E-state index contributed by atoms with van der Waals surface area (Å²) in [5.41, 5.74) is 0. The Morgan fingerprint density at radius 2 is 2.47 bits per heavy atom. The molecule has 5 heteroatoms. The van der Waals surface area contributed by atoms with Crippen LogP contribution in [0.5, 0.6) is 0 Å². The van der Waals surface area contributed by atoms with Gasteiger partial charge in [-0.3, -0.25) is 4.79 Å². The van der Waals surface area contributed by atoms with Crippen molar-refractivity contribution in [1.82, 2.24) is 15.6 Å². The standard InChI is InChI=1S/C10H15N3OS/c1-7-4-13-10(15-7)6-12-9(14)5-11-8-2-3-8/h4,8,11H,2-3,5-6H2,1H3,(H,12,14). The third-order valence-electron chi connectivity index (χ3n) is 2.23. The summed E-state index contributed by atoms with van der Waals surface area (Å²) < 4.78 is 0. The predicted octanol–water partition coefficient (Wildman–Crippen LogP) is 0.820. The summed E-state index contributed by atoms with van der Waals surface area (Å²) in [6, 6.07) is 0.581. The molecule has 0 atom stereocenters. The summed E-state index contributed by atoms with van der Waals surface area (Å²) in [6.07, 6.45) is 4.24. The monoisotopic (exact) mass is 225 g/mol. The van der Waals surface area contributed by atoms with E-state index < -0.39 is 0 Å². The van der Waals surface area contributed by atoms with Gasteiger partial charge in [0.2, 0.25) is 5.91 Å². The smallest absolute Gasteiger partial charge is 0.234 e. The van der Waals surface area contributed by atoms with E-state index in [4.69, 9.17) is 0 Å². The number of carbonyl (C=O) groups is 1. The van der Waals surface area contributed by atoms with Crippen molar-refractivity contribution in [2.75, 3.05) is 6.54 Å². The van der Waals surface area contributed by atoms with Crippen LogP contribution in [0.25, 0.3) is 0 Å². The van der Waals surface area contributed by atoms with E-state index in [-0.39, 0.29) is 5.91 Å². The van der Waals surface area contributed by atoms with Crippen molar-refractivity contribution in [1.29, 1.82) is 0 Å². The SMILES string of the molecule is Cc1cnc(CNC(=O)CNC2CC2)s1. The first-order chi connectivity index (χ1) is 7.24. The van der Waals surface area contributed by atoms with Gasteiger partial charge < -0.3 is 10.6 Å². The Hall–Kier alpha value is -0.940. The van der Waals surface area contributed by atoms with E-state index in [1.165, 1.54) is 17.7 Å². The van der Waals surface area contributed by atoms with Crippen molar-refractivity contribution in [3.63, 3.8) is 0 Å². The number of carbonyl (C=O) groups excluding carboxylic acids is 1. The Balaban J connectivity index is 1.65. The maximum Gasteiger partial charge on any atom is 0.234 e. The number of rotatable bonds is 5. The summed E-state index contributed by atoms with van der Waals surface area (Å²) >= 11 is 1.62. The molecule has 0 unspecified atom stereocenters. The van der Waals surface area contributed by atoms with Crippen LogP contribution in [0.3, 0.4) is 0 Å². The fourth-order valence-corrected chi connectivity index (χ4v) is 1.97. The molecule has 0 bridgehead atoms. The van der Waals surface area contributed by atoms with Crippen LogP contribution in [0.15, 0.2) is 6.20 Å². The molecular weight excluding hydrogens is 210 g/mol. The first kappa shape index (κ1) is 10.6. The molecule has 2 rings (SSSR count). The molecule has 1 heterocycles. The average molecular weight is 225 g/mol. The van der Waals surface area contributed by atoms with Crippen LogP contribution in [0.4, 0.5) is 0 Å². The van der Waals surface area contributed by atoms with E-state index in [2.05, 4.69) is 15.6 Å². The molecule has 15 heavy (non-hydrogen) atoms. The van der Waals surface area contributed by atoms with Crippen LogP contribution < -0.4 is 10.6 Å². The van der Waals surface area contributed by atoms with Crippen molar-refractivity contribution in [3.05, 3.63) is 16.1 Å². The first-order valence-electron chi connectivity index (χ1n) is 5.15. The van der Waals surface area contributed by atoms with Gasteiger partial charge in [0.1, 0.15) is 5.01 Å². The molecule has 0 saturated heterocycles. The third-order valence-corrected chi connectivity index (χ3v) is 3.15. The molecule has 1 aliphatic rings. The van der Waals surface area contributed by atoms with E-state index in [1.54, 1.807) is 11.3 Å². The Kier molecular flexibility index (Phi) is 3.33. The van der Waals surface area contributed by atoms with Crippen molar-refractivity contribution in [3.8, 4) is 0 Å². The number of hydrogen-bond acceptors (Lipinski definition) is 4. The minimum absolute atomic E-state index is 0.0507. The van der Waals surface area contributed by atoms with Crippen LogP contribution in [-0.2, 0) is 11.3 Å². The second-order valence-electron chi connectivity index (χ2n) is 3.80. The highest BCUT2D eigenvalue weighted by atomic mass is 32.1. The van der Waals surface area contributed by atoms with Gasteiger partial charge in [-0.1, -0.05) is 0 Å². The largest absolute Gasteiger partial charge is 0.348 e. The van der Waals surface area contributed by atoms with E-state index in [1.807, 2.05) is 13.1 Å². The zero-order chi connectivity index (χ0) is 10.7. The van der Waals surface area contributed by atoms with Gasteiger partial charge in [-0.2, -0.15) is 0 Å². The minimum Gasteiger partial charge on any atom is -0.348 e. The molecule has 1 saturated carbocycles. The number of hydrogen-bond donors (Lipinski definition) is 2. The van der Waals surface area contributed by atoms with Crippen molar-refractivity contribution < 1.29 is 4.79 Å². The normalized spacial score (nSPS) is 15.3. The molecule has 0 radical (unpaired) electrons. The Labute approximate surface area is 93.1 Å². The quantitative estimate of drug-likeness (QED) is 0.780. The molecule has 82 valence electrons. The Morgan fingerprint density at radius 1 is 1.67 bits per heavy atom. The molecular formula is C10H15N3OS. The highest BCUT2D eigenvalue weighted by molar-refractivity contribution is 7.11. The molecule has 0 spiro atoms. The van der Waals surface area contributed by atoms with Gasteiger partial charge in [-0.25, -0.2) is 4.98 Å². The second kappa shape index (κ2) is 4.72. The number of aromatic nitrogens is 1. The van der Waals surface area contributed by atoms with E-state index in [0.29, 0.717) is 19.1 Å². The van der Waals surface area contributed by atoms with Gasteiger partial charge in [0.25, 0.3) is 0 Å². The van der Waals surface area contributed by atoms with Crippen LogP contribution in [-0.4, -0.2) is 23.5 Å². The number of amides is 1. The minimum atomic E-state index is 0.0507. The van der Waals surface area contributed by atoms with E-state index in [9.17, 15) is 4.79 Å². The number of aryl methyl sites for hydroxylation is 1. The lowest BCUT2D eigenvalue weighted by atomic mass is 10.5. The first-order valence-corrected chi connectivity index (χ1v) is 5.97. The average Bonchev–Trinajstić information content (AvgIpc) is 2.95. The highest BCUT2D eigenvalue weighted by Gasteiger charge is 2.20. The number of nitrogens with zero attached hydrogens (tertiary/aromatic N) is 1. The summed E-state index contributed by atoms with van der Waals surface area (Å²) in [5.74, 6) is 0.0507. The van der Waals surface area contributed by atoms with Gasteiger partial charge in [-0.15, -0.1) is 11.3 Å². The summed E-state index contributed by atoms with van der Waals surface area (Å²) in [4.78, 5) is 16.7. The van der Waals surface area contributed by atoms with Crippen LogP contribution in [0, 0.1) is 6.92 Å². The number of nitrogens with one attached hydrogen (secondary N) is 2. The molecule has 0 aromatic carbocycles. The third kappa shape index (κ3) is 3.60. The van der Waals surface area contributed by atoms with Gasteiger partial charge in [0.15, 0.2) is 0 Å². The zero-order valence-electron chi connectivity index (χ0n) is 8.75. The van der Waals surface area contributed by atoms with Gasteiger partial charge in [-0.05, 0) is 19.8 Å². The maximum absolute atomic E-state index is 11.4. The molecule has 1 aromatic rings. The molecule has 1 aliphatic carbocycles. The molecule has 1 aromatic heterocycles. The lowest BCUT2D eigenvalue weighted by Crippen LogP contribution is -2.34. The molecule has 2 N–H and O–H groups in total. The molecule has 0 aliphatic heterocycles. The fourth-order valence-electron chi connectivity index (χ4n) is 1.24. The summed E-state index contributed by atoms with van der Waals surface area (Å²) in [6.45, 7) is 2.98. The van der Waals surface area contributed by atoms with Crippen molar-refractivity contribution in [2.24, 2.45) is 0 Å². The van der Waals surface area contributed by atoms with Crippen LogP contribution >= 0.6 is 11.3 Å². The fraction of sp³-hybridized carbons (Fsp3) is 0.600. The van der Waals surface area contributed by atoms with Gasteiger partial charge in [0.05, 0.1) is 13.1 Å². The lowest BCUT2D eigenvalue weighted by molar-refractivity contribution is -0.120. The van der Waals surface area contributed by atoms with Crippen molar-refractivity contribution >= 4 is 17.2 Å². The van der Waals surface area contributed by atoms with Crippen molar-refractivity contribution in [2.45, 2.75) is 32.4 Å². The topological polar surface area (TPSA) is 54.0 Å². The Bertz CT molecular complexity index is 346. The lowest BCUT2D eigenvalue weighted by Gasteiger charge is -2.03. The zero-order valence-corrected chi connectivity index (χ0v) is 9.56. The van der Waals surface area contributed by atoms with Crippen LogP contribution in [0.2, 0.25) is 0 Å². The summed E-state index contributed by atoms with van der Waals surface area (Å²) in [7, 11) is 0. The maximum atomic E-state index is 11.4. The molecule has 4 nitrogen and oxygen atoms in total. The number of thiazole rings is 1. The highest BCUT2D eigenvalue weighted by Crippen LogP contribution is 2.17. The predicted molar refractivity (Wildman–Crippen MR) is 59.7 cm³/mol. The second-order valence-corrected chi connectivity index (χ2v) is 5.12. The van der Waals surface area contributed by atoms with Gasteiger partial charge >= 0.3 is 0 Å².